The summed E-state index contributed by atoms with van der Waals surface area (Å²) in [4.78, 5) is 20.5. The fourth-order valence-electron chi connectivity index (χ4n) is 2.82. The highest BCUT2D eigenvalue weighted by molar-refractivity contribution is 7.99. The van der Waals surface area contributed by atoms with Crippen LogP contribution < -0.4 is 5.43 Å². The molecule has 0 atom stereocenters. The Hall–Kier alpha value is -3.56. The van der Waals surface area contributed by atoms with Crippen LogP contribution in [0.25, 0.3) is 17.1 Å². The van der Waals surface area contributed by atoms with Gasteiger partial charge in [0.1, 0.15) is 0 Å². The molecule has 0 fully saturated rings. The lowest BCUT2D eigenvalue weighted by molar-refractivity contribution is -0.118. The predicted molar refractivity (Wildman–Crippen MR) is 125 cm³/mol. The van der Waals surface area contributed by atoms with Crippen LogP contribution in [0, 0.1) is 0 Å². The number of carbonyl (C=O) groups is 1. The number of hydrazone groups is 1. The van der Waals surface area contributed by atoms with Crippen LogP contribution in [0.1, 0.15) is 12.5 Å². The number of benzene rings is 1. The molecule has 0 aliphatic rings. The number of nitrogens with zero attached hydrogens (tertiary/aromatic N) is 6. The Labute approximate surface area is 193 Å². The molecule has 0 saturated heterocycles. The average Bonchev–Trinajstić information content (AvgIpc) is 3.27. The van der Waals surface area contributed by atoms with Crippen molar-refractivity contribution in [1.29, 1.82) is 0 Å². The summed E-state index contributed by atoms with van der Waals surface area (Å²) < 4.78 is 1.88. The van der Waals surface area contributed by atoms with Crippen molar-refractivity contribution in [3.8, 4) is 17.1 Å². The van der Waals surface area contributed by atoms with Gasteiger partial charge in [-0.25, -0.2) is 5.43 Å². The summed E-state index contributed by atoms with van der Waals surface area (Å²) in [5, 5.41) is 14.0. The van der Waals surface area contributed by atoms with E-state index >= 15 is 0 Å². The molecule has 4 rings (SSSR count). The third kappa shape index (κ3) is 5.19. The first-order valence-corrected chi connectivity index (χ1v) is 11.0. The minimum absolute atomic E-state index is 0.117. The standard InChI is InChI=1S/C22H18ClN7OS/c1-15(17-3-2-10-25-13-17)26-27-20(31)14-32-22-29-28-21(16-8-11-24-12-9-16)30(22)19-6-4-18(23)5-7-19/h2-13H,14H2,1H3,(H,27,31)/b26-15+. The maximum absolute atomic E-state index is 12.4. The normalized spacial score (nSPS) is 11.4. The van der Waals surface area contributed by atoms with Crippen LogP contribution in [0.3, 0.4) is 0 Å². The lowest BCUT2D eigenvalue weighted by Gasteiger charge is -2.10. The van der Waals surface area contributed by atoms with Crippen molar-refractivity contribution < 1.29 is 4.79 Å². The SMILES string of the molecule is C/C(=N\NC(=O)CSc1nnc(-c2ccncc2)n1-c1ccc(Cl)cc1)c1cccnc1. The monoisotopic (exact) mass is 463 g/mol. The predicted octanol–water partition coefficient (Wildman–Crippen LogP) is 4.01. The molecule has 32 heavy (non-hydrogen) atoms. The zero-order valence-corrected chi connectivity index (χ0v) is 18.6. The number of pyridine rings is 2. The van der Waals surface area contributed by atoms with Gasteiger partial charge in [0, 0.05) is 46.6 Å². The summed E-state index contributed by atoms with van der Waals surface area (Å²) >= 11 is 7.32. The number of hydrogen-bond acceptors (Lipinski definition) is 7. The highest BCUT2D eigenvalue weighted by atomic mass is 35.5. The number of halogens is 1. The van der Waals surface area contributed by atoms with Crippen LogP contribution in [0.2, 0.25) is 5.02 Å². The smallest absolute Gasteiger partial charge is 0.250 e. The molecular formula is C22H18ClN7OS. The van der Waals surface area contributed by atoms with E-state index in [0.29, 0.717) is 21.7 Å². The molecule has 0 radical (unpaired) electrons. The molecular weight excluding hydrogens is 446 g/mol. The second-order valence-corrected chi connectivity index (χ2v) is 8.00. The molecule has 1 aromatic carbocycles. The first-order valence-electron chi connectivity index (χ1n) is 9.60. The Balaban J connectivity index is 1.53. The molecule has 160 valence electrons. The maximum atomic E-state index is 12.4. The summed E-state index contributed by atoms with van der Waals surface area (Å²) in [6.07, 6.45) is 6.76. The van der Waals surface area contributed by atoms with Crippen LogP contribution in [0.15, 0.2) is 83.6 Å². The third-order valence-electron chi connectivity index (χ3n) is 4.42. The van der Waals surface area contributed by atoms with E-state index in [-0.39, 0.29) is 11.7 Å². The van der Waals surface area contributed by atoms with Crippen molar-refractivity contribution in [3.05, 3.63) is 83.9 Å². The zero-order valence-electron chi connectivity index (χ0n) is 17.0. The summed E-state index contributed by atoms with van der Waals surface area (Å²) in [6.45, 7) is 1.81. The number of amides is 1. The van der Waals surface area contributed by atoms with Crippen LogP contribution in [-0.2, 0) is 4.79 Å². The zero-order chi connectivity index (χ0) is 22.3. The first-order chi connectivity index (χ1) is 15.6. The van der Waals surface area contributed by atoms with E-state index in [1.165, 1.54) is 11.8 Å². The Morgan fingerprint density at radius 1 is 1.06 bits per heavy atom. The lowest BCUT2D eigenvalue weighted by atomic mass is 10.2. The number of hydrogen-bond donors (Lipinski definition) is 1. The Morgan fingerprint density at radius 2 is 1.84 bits per heavy atom. The first kappa shape index (κ1) is 21.7. The maximum Gasteiger partial charge on any atom is 0.250 e. The summed E-state index contributed by atoms with van der Waals surface area (Å²) in [5.41, 5.74) is 5.77. The number of rotatable bonds is 7. The van der Waals surface area contributed by atoms with Crippen molar-refractivity contribution in [2.75, 3.05) is 5.75 Å². The minimum atomic E-state index is -0.255. The topological polar surface area (TPSA) is 98.0 Å². The van der Waals surface area contributed by atoms with Gasteiger partial charge in [-0.2, -0.15) is 5.10 Å². The van der Waals surface area contributed by atoms with Crippen molar-refractivity contribution in [2.45, 2.75) is 12.1 Å². The molecule has 1 N–H and O–H groups in total. The van der Waals surface area contributed by atoms with Crippen LogP contribution >= 0.6 is 23.4 Å². The van der Waals surface area contributed by atoms with E-state index in [0.717, 1.165) is 16.8 Å². The van der Waals surface area contributed by atoms with E-state index in [4.69, 9.17) is 11.6 Å². The molecule has 3 heterocycles. The number of carbonyl (C=O) groups excluding carboxylic acids is 1. The second kappa shape index (κ2) is 10.2. The Bertz CT molecular complexity index is 1230. The molecule has 4 aromatic rings. The van der Waals surface area contributed by atoms with Gasteiger partial charge in [-0.15, -0.1) is 10.2 Å². The fourth-order valence-corrected chi connectivity index (χ4v) is 3.69. The van der Waals surface area contributed by atoms with Gasteiger partial charge >= 0.3 is 0 Å². The number of nitrogens with one attached hydrogen (secondary N) is 1. The van der Waals surface area contributed by atoms with E-state index in [2.05, 4.69) is 30.7 Å². The van der Waals surface area contributed by atoms with Crippen molar-refractivity contribution >= 4 is 35.0 Å². The van der Waals surface area contributed by atoms with Crippen molar-refractivity contribution in [2.24, 2.45) is 5.10 Å². The Kier molecular flexibility index (Phi) is 6.88. The molecule has 0 bridgehead atoms. The molecule has 0 spiro atoms. The van der Waals surface area contributed by atoms with Gasteiger partial charge in [-0.1, -0.05) is 29.4 Å². The third-order valence-corrected chi connectivity index (χ3v) is 5.60. The van der Waals surface area contributed by atoms with Crippen LogP contribution in [0.4, 0.5) is 0 Å². The van der Waals surface area contributed by atoms with Gasteiger partial charge in [0.15, 0.2) is 11.0 Å². The average molecular weight is 464 g/mol. The molecule has 0 unspecified atom stereocenters. The van der Waals surface area contributed by atoms with Gasteiger partial charge in [-0.05, 0) is 49.4 Å². The molecule has 0 aliphatic carbocycles. The molecule has 0 aliphatic heterocycles. The summed E-state index contributed by atoms with van der Waals surface area (Å²) in [7, 11) is 0. The van der Waals surface area contributed by atoms with Crippen LogP contribution in [0.5, 0.6) is 0 Å². The summed E-state index contributed by atoms with van der Waals surface area (Å²) in [6, 6.07) is 14.7. The highest BCUT2D eigenvalue weighted by Crippen LogP contribution is 2.28. The van der Waals surface area contributed by atoms with Crippen LogP contribution in [-0.4, -0.2) is 42.1 Å². The lowest BCUT2D eigenvalue weighted by Crippen LogP contribution is -2.21. The van der Waals surface area contributed by atoms with E-state index < -0.39 is 0 Å². The fraction of sp³-hybridized carbons (Fsp3) is 0.0909. The van der Waals surface area contributed by atoms with Crippen molar-refractivity contribution in [3.63, 3.8) is 0 Å². The quantitative estimate of drug-likeness (QED) is 0.252. The highest BCUT2D eigenvalue weighted by Gasteiger charge is 2.17. The molecule has 3 aromatic heterocycles. The Morgan fingerprint density at radius 3 is 2.56 bits per heavy atom. The molecule has 1 amide bonds. The minimum Gasteiger partial charge on any atom is -0.272 e. The molecule has 8 nitrogen and oxygen atoms in total. The van der Waals surface area contributed by atoms with Gasteiger partial charge in [0.25, 0.3) is 5.91 Å². The van der Waals surface area contributed by atoms with Gasteiger partial charge in [-0.3, -0.25) is 19.3 Å². The number of thioether (sulfide) groups is 1. The van der Waals surface area contributed by atoms with Crippen molar-refractivity contribution in [1.82, 2.24) is 30.2 Å². The molecule has 0 saturated carbocycles. The van der Waals surface area contributed by atoms with Gasteiger partial charge < -0.3 is 0 Å². The molecule has 10 heteroatoms. The van der Waals surface area contributed by atoms with Gasteiger partial charge in [0.05, 0.1) is 11.5 Å². The second-order valence-electron chi connectivity index (χ2n) is 6.62. The summed E-state index contributed by atoms with van der Waals surface area (Å²) in [5.74, 6) is 0.503. The van der Waals surface area contributed by atoms with Gasteiger partial charge in [0.2, 0.25) is 0 Å². The largest absolute Gasteiger partial charge is 0.272 e. The van der Waals surface area contributed by atoms with E-state index in [9.17, 15) is 4.79 Å². The van der Waals surface area contributed by atoms with E-state index in [1.807, 2.05) is 47.9 Å². The number of aromatic nitrogens is 5. The van der Waals surface area contributed by atoms with E-state index in [1.54, 1.807) is 36.9 Å².